The van der Waals surface area contributed by atoms with Crippen molar-refractivity contribution in [2.45, 2.75) is 26.9 Å². The summed E-state index contributed by atoms with van der Waals surface area (Å²) in [7, 11) is 1.51. The van der Waals surface area contributed by atoms with Crippen LogP contribution in [0.3, 0.4) is 0 Å². The normalized spacial score (nSPS) is 11.5. The van der Waals surface area contributed by atoms with E-state index in [9.17, 15) is 14.7 Å². The molecule has 0 aliphatic carbocycles. The highest BCUT2D eigenvalue weighted by Gasteiger charge is 2.20. The van der Waals surface area contributed by atoms with Crippen LogP contribution < -0.4 is 10.1 Å². The Bertz CT molecular complexity index is 800. The first-order valence-corrected chi connectivity index (χ1v) is 7.78. The molecule has 2 aromatic carbocycles. The van der Waals surface area contributed by atoms with Crippen LogP contribution in [0.5, 0.6) is 11.5 Å². The van der Waals surface area contributed by atoms with Crippen LogP contribution in [-0.2, 0) is 9.53 Å². The number of amides is 1. The molecule has 0 radical (unpaired) electrons. The van der Waals surface area contributed by atoms with Crippen LogP contribution >= 0.6 is 0 Å². The molecule has 2 aromatic rings. The number of rotatable bonds is 5. The van der Waals surface area contributed by atoms with E-state index in [-0.39, 0.29) is 11.3 Å². The van der Waals surface area contributed by atoms with Crippen molar-refractivity contribution in [3.8, 4) is 11.5 Å². The van der Waals surface area contributed by atoms with Gasteiger partial charge in [0.15, 0.2) is 6.10 Å². The predicted octanol–water partition coefficient (Wildman–Crippen LogP) is 3.20. The van der Waals surface area contributed by atoms with Gasteiger partial charge in [-0.25, -0.2) is 4.79 Å². The molecule has 0 bridgehead atoms. The molecule has 0 aliphatic heterocycles. The summed E-state index contributed by atoms with van der Waals surface area (Å²) in [5.41, 5.74) is 2.28. The Morgan fingerprint density at radius 1 is 1.12 bits per heavy atom. The summed E-state index contributed by atoms with van der Waals surface area (Å²) in [5, 5.41) is 12.4. The van der Waals surface area contributed by atoms with Crippen molar-refractivity contribution < 1.29 is 24.2 Å². The number of benzene rings is 2. The Labute approximate surface area is 146 Å². The molecule has 1 unspecified atom stereocenters. The number of phenols is 1. The van der Waals surface area contributed by atoms with E-state index < -0.39 is 18.0 Å². The molecule has 1 atom stereocenters. The van der Waals surface area contributed by atoms with E-state index in [1.165, 1.54) is 26.2 Å². The van der Waals surface area contributed by atoms with Gasteiger partial charge in [0.2, 0.25) is 0 Å². The summed E-state index contributed by atoms with van der Waals surface area (Å²) in [6.45, 7) is 5.09. The number of methoxy groups -OCH3 is 1. The van der Waals surface area contributed by atoms with Crippen molar-refractivity contribution in [3.63, 3.8) is 0 Å². The highest BCUT2D eigenvalue weighted by Crippen LogP contribution is 2.25. The molecule has 2 N–H and O–H groups in total. The number of nitrogens with one attached hydrogen (secondary N) is 1. The third kappa shape index (κ3) is 4.50. The minimum Gasteiger partial charge on any atom is -0.508 e. The average Bonchev–Trinajstić information content (AvgIpc) is 2.57. The van der Waals surface area contributed by atoms with Crippen LogP contribution in [0, 0.1) is 13.8 Å². The van der Waals surface area contributed by atoms with Crippen LogP contribution in [0.2, 0.25) is 0 Å². The quantitative estimate of drug-likeness (QED) is 0.815. The number of carbonyl (C=O) groups is 2. The maximum Gasteiger partial charge on any atom is 0.339 e. The van der Waals surface area contributed by atoms with E-state index in [4.69, 9.17) is 9.47 Å². The molecule has 132 valence electrons. The first-order chi connectivity index (χ1) is 11.8. The third-order valence-corrected chi connectivity index (χ3v) is 3.71. The smallest absolute Gasteiger partial charge is 0.339 e. The van der Waals surface area contributed by atoms with Crippen LogP contribution in [0.4, 0.5) is 5.69 Å². The molecule has 6 heteroatoms. The number of hydrogen-bond donors (Lipinski definition) is 2. The standard InChI is InChI=1S/C19H21NO5/c1-11-5-8-17(24-4)15(9-11)20-18(22)13(3)25-19(23)14-7-6-12(2)16(21)10-14/h5-10,13,21H,1-4H3,(H,20,22). The zero-order valence-corrected chi connectivity index (χ0v) is 14.6. The summed E-state index contributed by atoms with van der Waals surface area (Å²) >= 11 is 0. The van der Waals surface area contributed by atoms with E-state index >= 15 is 0 Å². The number of aromatic hydroxyl groups is 1. The van der Waals surface area contributed by atoms with Crippen molar-refractivity contribution in [3.05, 3.63) is 53.1 Å². The zero-order valence-electron chi connectivity index (χ0n) is 14.6. The predicted molar refractivity (Wildman–Crippen MR) is 94.1 cm³/mol. The molecular weight excluding hydrogens is 322 g/mol. The van der Waals surface area contributed by atoms with Gasteiger partial charge in [-0.3, -0.25) is 4.79 Å². The number of phenolic OH excluding ortho intramolecular Hbond substituents is 1. The third-order valence-electron chi connectivity index (χ3n) is 3.71. The lowest BCUT2D eigenvalue weighted by Crippen LogP contribution is -2.30. The van der Waals surface area contributed by atoms with Crippen LogP contribution in [0.1, 0.15) is 28.4 Å². The summed E-state index contributed by atoms with van der Waals surface area (Å²) < 4.78 is 10.4. The van der Waals surface area contributed by atoms with Gasteiger partial charge in [0.1, 0.15) is 11.5 Å². The summed E-state index contributed by atoms with van der Waals surface area (Å²) in [5.74, 6) is -0.653. The molecule has 2 rings (SSSR count). The fraction of sp³-hybridized carbons (Fsp3) is 0.263. The molecule has 1 amide bonds. The van der Waals surface area contributed by atoms with Crippen molar-refractivity contribution in [2.75, 3.05) is 12.4 Å². The van der Waals surface area contributed by atoms with Gasteiger partial charge in [-0.05, 0) is 56.2 Å². The monoisotopic (exact) mass is 343 g/mol. The zero-order chi connectivity index (χ0) is 18.6. The Morgan fingerprint density at radius 3 is 2.48 bits per heavy atom. The van der Waals surface area contributed by atoms with Gasteiger partial charge in [-0.15, -0.1) is 0 Å². The van der Waals surface area contributed by atoms with E-state index in [1.54, 1.807) is 25.1 Å². The molecule has 0 heterocycles. The van der Waals surface area contributed by atoms with Crippen molar-refractivity contribution in [1.82, 2.24) is 0 Å². The van der Waals surface area contributed by atoms with E-state index in [1.807, 2.05) is 13.0 Å². The highest BCUT2D eigenvalue weighted by atomic mass is 16.5. The lowest BCUT2D eigenvalue weighted by atomic mass is 10.1. The molecule has 0 saturated heterocycles. The van der Waals surface area contributed by atoms with Gasteiger partial charge >= 0.3 is 5.97 Å². The van der Waals surface area contributed by atoms with Crippen LogP contribution in [0.15, 0.2) is 36.4 Å². The Morgan fingerprint density at radius 2 is 1.84 bits per heavy atom. The van der Waals surface area contributed by atoms with Crippen molar-refractivity contribution in [1.29, 1.82) is 0 Å². The van der Waals surface area contributed by atoms with Gasteiger partial charge in [0, 0.05) is 0 Å². The number of ether oxygens (including phenoxy) is 2. The van der Waals surface area contributed by atoms with Gasteiger partial charge in [0.05, 0.1) is 18.4 Å². The van der Waals surface area contributed by atoms with E-state index in [0.717, 1.165) is 5.56 Å². The van der Waals surface area contributed by atoms with E-state index in [2.05, 4.69) is 5.32 Å². The fourth-order valence-corrected chi connectivity index (χ4v) is 2.17. The summed E-state index contributed by atoms with van der Waals surface area (Å²) in [4.78, 5) is 24.4. The van der Waals surface area contributed by atoms with Gasteiger partial charge < -0.3 is 19.9 Å². The maximum absolute atomic E-state index is 12.3. The number of aryl methyl sites for hydroxylation is 2. The number of hydrogen-bond acceptors (Lipinski definition) is 5. The molecule has 6 nitrogen and oxygen atoms in total. The highest BCUT2D eigenvalue weighted by molar-refractivity contribution is 5.98. The average molecular weight is 343 g/mol. The molecule has 0 fully saturated rings. The van der Waals surface area contributed by atoms with E-state index in [0.29, 0.717) is 17.0 Å². The molecule has 0 aromatic heterocycles. The molecule has 0 aliphatic rings. The first kappa shape index (κ1) is 18.3. The molecule has 0 saturated carbocycles. The molecule has 0 spiro atoms. The lowest BCUT2D eigenvalue weighted by Gasteiger charge is -2.16. The van der Waals surface area contributed by atoms with Gasteiger partial charge in [-0.2, -0.15) is 0 Å². The first-order valence-electron chi connectivity index (χ1n) is 7.78. The summed E-state index contributed by atoms with van der Waals surface area (Å²) in [6.07, 6.45) is -1.01. The summed E-state index contributed by atoms with van der Waals surface area (Å²) in [6, 6.07) is 9.83. The second-order valence-electron chi connectivity index (χ2n) is 5.74. The SMILES string of the molecule is COc1ccc(C)cc1NC(=O)C(C)OC(=O)c1ccc(C)c(O)c1. The largest absolute Gasteiger partial charge is 0.508 e. The molecular formula is C19H21NO5. The number of carbonyl (C=O) groups excluding carboxylic acids is 2. The molecule has 25 heavy (non-hydrogen) atoms. The minimum absolute atomic E-state index is 0.00366. The van der Waals surface area contributed by atoms with Crippen molar-refractivity contribution in [2.24, 2.45) is 0 Å². The fourth-order valence-electron chi connectivity index (χ4n) is 2.17. The minimum atomic E-state index is -1.01. The second-order valence-corrected chi connectivity index (χ2v) is 5.74. The second kappa shape index (κ2) is 7.70. The topological polar surface area (TPSA) is 84.9 Å². The van der Waals surface area contributed by atoms with Crippen LogP contribution in [-0.4, -0.2) is 30.2 Å². The maximum atomic E-state index is 12.3. The Kier molecular flexibility index (Phi) is 5.64. The van der Waals surface area contributed by atoms with Crippen LogP contribution in [0.25, 0.3) is 0 Å². The van der Waals surface area contributed by atoms with Gasteiger partial charge in [-0.1, -0.05) is 12.1 Å². The lowest BCUT2D eigenvalue weighted by molar-refractivity contribution is -0.123. The Balaban J connectivity index is 2.06. The Hall–Kier alpha value is -3.02. The number of anilines is 1. The number of esters is 1. The van der Waals surface area contributed by atoms with Gasteiger partial charge in [0.25, 0.3) is 5.91 Å². The van der Waals surface area contributed by atoms with Crippen molar-refractivity contribution >= 4 is 17.6 Å².